The molecule has 1 N–H and O–H groups in total. The molecular weight excluding hydrogens is 128 g/mol. The molecule has 0 amide bonds. The molecule has 0 radical (unpaired) electrons. The molecule has 1 rings (SSSR count). The van der Waals surface area contributed by atoms with Crippen molar-refractivity contribution in [3.8, 4) is 11.8 Å². The molecule has 0 aromatic rings. The van der Waals surface area contributed by atoms with Crippen LogP contribution in [0.3, 0.4) is 0 Å². The molecule has 1 fully saturated rings. The summed E-state index contributed by atoms with van der Waals surface area (Å²) in [6, 6.07) is 0. The van der Waals surface area contributed by atoms with E-state index in [0.717, 1.165) is 18.8 Å². The number of aliphatic carboxylic acids is 1. The first kappa shape index (κ1) is 7.14. The summed E-state index contributed by atoms with van der Waals surface area (Å²) in [5.74, 6) is 4.53. The van der Waals surface area contributed by atoms with Crippen LogP contribution in [0, 0.1) is 17.8 Å². The molecule has 0 unspecified atom stereocenters. The maximum Gasteiger partial charge on any atom is 0.381 e. The summed E-state index contributed by atoms with van der Waals surface area (Å²) in [6.45, 7) is 0. The smallest absolute Gasteiger partial charge is 0.381 e. The van der Waals surface area contributed by atoms with Crippen molar-refractivity contribution in [2.45, 2.75) is 25.7 Å². The van der Waals surface area contributed by atoms with Crippen molar-refractivity contribution in [3.05, 3.63) is 0 Å². The Morgan fingerprint density at radius 2 is 2.30 bits per heavy atom. The fraction of sp³-hybridized carbons (Fsp3) is 0.625. The SMILES string of the molecule is O=C(O)C#CCCC1CC1. The van der Waals surface area contributed by atoms with Crippen molar-refractivity contribution >= 4 is 5.97 Å². The predicted molar refractivity (Wildman–Crippen MR) is 37.4 cm³/mol. The molecule has 0 atom stereocenters. The molecule has 0 aliphatic heterocycles. The molecule has 0 heterocycles. The van der Waals surface area contributed by atoms with Gasteiger partial charge in [-0.05, 0) is 12.3 Å². The Kier molecular flexibility index (Phi) is 2.33. The third-order valence-corrected chi connectivity index (χ3v) is 1.57. The highest BCUT2D eigenvalue weighted by Gasteiger charge is 2.19. The van der Waals surface area contributed by atoms with Crippen molar-refractivity contribution in [1.82, 2.24) is 0 Å². The normalized spacial score (nSPS) is 15.6. The molecule has 2 nitrogen and oxygen atoms in total. The van der Waals surface area contributed by atoms with Crippen LogP contribution in [-0.4, -0.2) is 11.1 Å². The summed E-state index contributed by atoms with van der Waals surface area (Å²) < 4.78 is 0. The first-order valence-corrected chi connectivity index (χ1v) is 3.51. The van der Waals surface area contributed by atoms with E-state index in [2.05, 4.69) is 11.8 Å². The van der Waals surface area contributed by atoms with Gasteiger partial charge in [0.1, 0.15) is 0 Å². The van der Waals surface area contributed by atoms with Crippen LogP contribution < -0.4 is 0 Å². The molecule has 1 saturated carbocycles. The Bertz CT molecular complexity index is 181. The van der Waals surface area contributed by atoms with Crippen LogP contribution >= 0.6 is 0 Å². The first-order chi connectivity index (χ1) is 4.79. The summed E-state index contributed by atoms with van der Waals surface area (Å²) in [7, 11) is 0. The number of hydrogen-bond donors (Lipinski definition) is 1. The Hall–Kier alpha value is -0.970. The van der Waals surface area contributed by atoms with Gasteiger partial charge in [-0.15, -0.1) is 0 Å². The molecule has 1 aliphatic carbocycles. The van der Waals surface area contributed by atoms with Crippen LogP contribution in [0.4, 0.5) is 0 Å². The van der Waals surface area contributed by atoms with Gasteiger partial charge in [-0.2, -0.15) is 0 Å². The van der Waals surface area contributed by atoms with Crippen LogP contribution in [0.25, 0.3) is 0 Å². The summed E-state index contributed by atoms with van der Waals surface area (Å²) in [5.41, 5.74) is 0. The third kappa shape index (κ3) is 3.13. The lowest BCUT2D eigenvalue weighted by Crippen LogP contribution is -1.86. The van der Waals surface area contributed by atoms with E-state index in [1.807, 2.05) is 0 Å². The standard InChI is InChI=1S/C8H10O2/c9-8(10)4-2-1-3-7-5-6-7/h7H,1,3,5-6H2,(H,9,10). The van der Waals surface area contributed by atoms with Gasteiger partial charge >= 0.3 is 5.97 Å². The fourth-order valence-electron chi connectivity index (χ4n) is 0.821. The molecule has 2 heteroatoms. The average Bonchev–Trinajstić information content (AvgIpc) is 2.62. The van der Waals surface area contributed by atoms with E-state index in [1.165, 1.54) is 12.8 Å². The van der Waals surface area contributed by atoms with Crippen molar-refractivity contribution in [3.63, 3.8) is 0 Å². The van der Waals surface area contributed by atoms with E-state index in [4.69, 9.17) is 5.11 Å². The van der Waals surface area contributed by atoms with Crippen LogP contribution in [0.15, 0.2) is 0 Å². The molecule has 0 aromatic carbocycles. The van der Waals surface area contributed by atoms with Crippen LogP contribution in [0.5, 0.6) is 0 Å². The summed E-state index contributed by atoms with van der Waals surface area (Å²) in [5, 5.41) is 8.12. The zero-order valence-corrected chi connectivity index (χ0v) is 5.76. The van der Waals surface area contributed by atoms with Gasteiger partial charge in [-0.25, -0.2) is 4.79 Å². The molecule has 1 aliphatic rings. The minimum atomic E-state index is -1.02. The number of hydrogen-bond acceptors (Lipinski definition) is 1. The molecular formula is C8H10O2. The van der Waals surface area contributed by atoms with Crippen LogP contribution in [0.2, 0.25) is 0 Å². The van der Waals surface area contributed by atoms with Gasteiger partial charge in [0.15, 0.2) is 0 Å². The van der Waals surface area contributed by atoms with E-state index < -0.39 is 5.97 Å². The zero-order chi connectivity index (χ0) is 7.40. The van der Waals surface area contributed by atoms with Gasteiger partial charge < -0.3 is 5.11 Å². The lowest BCUT2D eigenvalue weighted by Gasteiger charge is -1.84. The zero-order valence-electron chi connectivity index (χ0n) is 5.76. The number of rotatable bonds is 2. The highest BCUT2D eigenvalue weighted by atomic mass is 16.4. The second-order valence-corrected chi connectivity index (χ2v) is 2.59. The molecule has 54 valence electrons. The van der Waals surface area contributed by atoms with Gasteiger partial charge in [0, 0.05) is 12.3 Å². The Morgan fingerprint density at radius 1 is 1.60 bits per heavy atom. The lowest BCUT2D eigenvalue weighted by atomic mass is 10.2. The highest BCUT2D eigenvalue weighted by Crippen LogP contribution is 2.33. The second-order valence-electron chi connectivity index (χ2n) is 2.59. The quantitative estimate of drug-likeness (QED) is 0.583. The van der Waals surface area contributed by atoms with Crippen LogP contribution in [-0.2, 0) is 4.79 Å². The molecule has 0 bridgehead atoms. The number of carbonyl (C=O) groups is 1. The maximum absolute atomic E-state index is 9.89. The van der Waals surface area contributed by atoms with E-state index in [-0.39, 0.29) is 0 Å². The summed E-state index contributed by atoms with van der Waals surface area (Å²) in [4.78, 5) is 9.89. The minimum absolute atomic E-state index is 0.747. The summed E-state index contributed by atoms with van der Waals surface area (Å²) in [6.07, 6.45) is 4.46. The van der Waals surface area contributed by atoms with Gasteiger partial charge in [0.05, 0.1) is 0 Å². The lowest BCUT2D eigenvalue weighted by molar-refractivity contribution is -0.130. The Balaban J connectivity index is 2.04. The average molecular weight is 138 g/mol. The minimum Gasteiger partial charge on any atom is -0.472 e. The molecule has 0 saturated heterocycles. The largest absolute Gasteiger partial charge is 0.472 e. The Labute approximate surface area is 60.2 Å². The van der Waals surface area contributed by atoms with Gasteiger partial charge in [0.2, 0.25) is 0 Å². The van der Waals surface area contributed by atoms with Crippen molar-refractivity contribution in [2.24, 2.45) is 5.92 Å². The highest BCUT2D eigenvalue weighted by molar-refractivity contribution is 5.86. The van der Waals surface area contributed by atoms with Crippen molar-refractivity contribution < 1.29 is 9.90 Å². The number of carboxylic acids is 1. The van der Waals surface area contributed by atoms with E-state index in [1.54, 1.807) is 0 Å². The third-order valence-electron chi connectivity index (χ3n) is 1.57. The monoisotopic (exact) mass is 138 g/mol. The van der Waals surface area contributed by atoms with Crippen molar-refractivity contribution in [2.75, 3.05) is 0 Å². The van der Waals surface area contributed by atoms with Gasteiger partial charge in [-0.3, -0.25) is 0 Å². The summed E-state index contributed by atoms with van der Waals surface area (Å²) >= 11 is 0. The van der Waals surface area contributed by atoms with E-state index >= 15 is 0 Å². The maximum atomic E-state index is 9.89. The second kappa shape index (κ2) is 3.26. The fourth-order valence-corrected chi connectivity index (χ4v) is 0.821. The first-order valence-electron chi connectivity index (χ1n) is 3.51. The molecule has 0 spiro atoms. The molecule has 10 heavy (non-hydrogen) atoms. The van der Waals surface area contributed by atoms with E-state index in [9.17, 15) is 4.79 Å². The molecule has 0 aromatic heterocycles. The number of carboxylic acid groups (broad SMARTS) is 1. The van der Waals surface area contributed by atoms with Crippen molar-refractivity contribution in [1.29, 1.82) is 0 Å². The predicted octanol–water partition coefficient (Wildman–Crippen LogP) is 1.26. The topological polar surface area (TPSA) is 37.3 Å². The van der Waals surface area contributed by atoms with Gasteiger partial charge in [0.25, 0.3) is 0 Å². The Morgan fingerprint density at radius 3 is 2.80 bits per heavy atom. The van der Waals surface area contributed by atoms with Gasteiger partial charge in [-0.1, -0.05) is 18.8 Å². The van der Waals surface area contributed by atoms with E-state index in [0.29, 0.717) is 0 Å². The van der Waals surface area contributed by atoms with Crippen LogP contribution in [0.1, 0.15) is 25.7 Å².